The molecule has 8 nitrogen and oxygen atoms in total. The Bertz CT molecular complexity index is 1350. The molecule has 1 aromatic heterocycles. The largest absolute Gasteiger partial charge is 0.495 e. The summed E-state index contributed by atoms with van der Waals surface area (Å²) in [6, 6.07) is 11.5. The van der Waals surface area contributed by atoms with Gasteiger partial charge in [0, 0.05) is 11.9 Å². The third-order valence-electron chi connectivity index (χ3n) is 5.96. The molecule has 2 amide bonds. The first-order chi connectivity index (χ1) is 17.0. The first-order valence-electron chi connectivity index (χ1n) is 11.6. The van der Waals surface area contributed by atoms with E-state index in [9.17, 15) is 14.4 Å². The van der Waals surface area contributed by atoms with Gasteiger partial charge in [-0.2, -0.15) is 9.78 Å². The Morgan fingerprint density at radius 1 is 1.11 bits per heavy atom. The summed E-state index contributed by atoms with van der Waals surface area (Å²) in [4.78, 5) is 38.4. The van der Waals surface area contributed by atoms with Gasteiger partial charge < -0.3 is 15.4 Å². The van der Waals surface area contributed by atoms with E-state index in [2.05, 4.69) is 21.8 Å². The molecule has 0 fully saturated rings. The third kappa shape index (κ3) is 5.71. The molecule has 1 aliphatic carbocycles. The zero-order valence-corrected chi connectivity index (χ0v) is 20.2. The number of carbonyl (C=O) groups excluding carboxylic acids is 2. The standard InChI is InChI=1S/C26H27ClN4O4/c1-35-22-12-11-18(15-21(22)27)31-26(34)20-10-6-5-9-19(20)24(30-31)25(33)29-16-23(32)28-14-13-17-7-3-2-4-8-17/h5-7,9-12,15H,2-4,8,13-14,16H2,1H3,(H,28,32)(H,29,33). The van der Waals surface area contributed by atoms with Crippen LogP contribution in [0.3, 0.4) is 0 Å². The number of allylic oxidation sites excluding steroid dienone is 1. The fraction of sp³-hybridized carbons (Fsp3) is 0.308. The fourth-order valence-corrected chi connectivity index (χ4v) is 4.37. The second-order valence-corrected chi connectivity index (χ2v) is 8.73. The number of nitrogens with zero attached hydrogens (tertiary/aromatic N) is 2. The zero-order chi connectivity index (χ0) is 24.8. The lowest BCUT2D eigenvalue weighted by Gasteiger charge is -2.14. The number of fused-ring (bicyclic) bond motifs is 1. The fourth-order valence-electron chi connectivity index (χ4n) is 4.12. The molecule has 3 aromatic rings. The lowest BCUT2D eigenvalue weighted by Crippen LogP contribution is -2.38. The number of benzene rings is 2. The van der Waals surface area contributed by atoms with Crippen molar-refractivity contribution in [2.24, 2.45) is 0 Å². The summed E-state index contributed by atoms with van der Waals surface area (Å²) in [5.74, 6) is -0.387. The van der Waals surface area contributed by atoms with Gasteiger partial charge in [-0.3, -0.25) is 14.4 Å². The van der Waals surface area contributed by atoms with Crippen molar-refractivity contribution < 1.29 is 14.3 Å². The Kier molecular flexibility index (Phi) is 7.82. The molecule has 0 aliphatic heterocycles. The number of hydrogen-bond acceptors (Lipinski definition) is 5. The summed E-state index contributed by atoms with van der Waals surface area (Å²) in [6.45, 7) is 0.339. The van der Waals surface area contributed by atoms with E-state index >= 15 is 0 Å². The summed E-state index contributed by atoms with van der Waals surface area (Å²) in [5.41, 5.74) is 1.40. The molecule has 0 unspecified atom stereocenters. The van der Waals surface area contributed by atoms with Crippen molar-refractivity contribution in [2.75, 3.05) is 20.2 Å². The number of halogens is 1. The minimum Gasteiger partial charge on any atom is -0.495 e. The van der Waals surface area contributed by atoms with E-state index in [0.29, 0.717) is 33.8 Å². The number of nitrogens with one attached hydrogen (secondary N) is 2. The summed E-state index contributed by atoms with van der Waals surface area (Å²) < 4.78 is 6.30. The topological polar surface area (TPSA) is 102 Å². The van der Waals surface area contributed by atoms with E-state index < -0.39 is 11.5 Å². The summed E-state index contributed by atoms with van der Waals surface area (Å²) in [6.07, 6.45) is 7.68. The van der Waals surface area contributed by atoms with E-state index in [1.54, 1.807) is 42.5 Å². The first kappa shape index (κ1) is 24.5. The smallest absolute Gasteiger partial charge is 0.279 e. The Morgan fingerprint density at radius 3 is 2.63 bits per heavy atom. The number of ether oxygens (including phenoxy) is 1. The highest BCUT2D eigenvalue weighted by atomic mass is 35.5. The van der Waals surface area contributed by atoms with Gasteiger partial charge in [0.2, 0.25) is 5.91 Å². The molecule has 4 rings (SSSR count). The lowest BCUT2D eigenvalue weighted by molar-refractivity contribution is -0.120. The minimum atomic E-state index is -0.556. The molecular formula is C26H27ClN4O4. The van der Waals surface area contributed by atoms with Crippen LogP contribution in [0.1, 0.15) is 42.6 Å². The molecule has 0 radical (unpaired) electrons. The average Bonchev–Trinajstić information content (AvgIpc) is 2.88. The predicted octanol–water partition coefficient (Wildman–Crippen LogP) is 3.78. The molecule has 1 aliphatic rings. The maximum Gasteiger partial charge on any atom is 0.279 e. The Balaban J connectivity index is 1.52. The van der Waals surface area contributed by atoms with Crippen molar-refractivity contribution in [3.05, 3.63) is 75.2 Å². The summed E-state index contributed by atoms with van der Waals surface area (Å²) in [5, 5.41) is 10.8. The van der Waals surface area contributed by atoms with Crippen molar-refractivity contribution in [1.29, 1.82) is 0 Å². The van der Waals surface area contributed by atoms with Crippen LogP contribution < -0.4 is 20.9 Å². The zero-order valence-electron chi connectivity index (χ0n) is 19.5. The second-order valence-electron chi connectivity index (χ2n) is 8.32. The van der Waals surface area contributed by atoms with Gasteiger partial charge >= 0.3 is 0 Å². The van der Waals surface area contributed by atoms with Gasteiger partial charge in [0.25, 0.3) is 11.5 Å². The molecule has 2 N–H and O–H groups in total. The molecule has 0 atom stereocenters. The highest BCUT2D eigenvalue weighted by molar-refractivity contribution is 6.32. The summed E-state index contributed by atoms with van der Waals surface area (Å²) in [7, 11) is 1.49. The van der Waals surface area contributed by atoms with E-state index in [1.807, 2.05) is 0 Å². The lowest BCUT2D eigenvalue weighted by atomic mass is 9.97. The van der Waals surface area contributed by atoms with Crippen LogP contribution in [0.15, 0.2) is 58.9 Å². The highest BCUT2D eigenvalue weighted by Gasteiger charge is 2.18. The second kappa shape index (κ2) is 11.2. The van der Waals surface area contributed by atoms with Crippen LogP contribution in [-0.4, -0.2) is 41.8 Å². The van der Waals surface area contributed by atoms with Crippen LogP contribution >= 0.6 is 11.6 Å². The van der Waals surface area contributed by atoms with Crippen LogP contribution in [0.4, 0.5) is 0 Å². The van der Waals surface area contributed by atoms with Crippen molar-refractivity contribution in [2.45, 2.75) is 32.1 Å². The third-order valence-corrected chi connectivity index (χ3v) is 6.26. The molecule has 35 heavy (non-hydrogen) atoms. The van der Waals surface area contributed by atoms with Gasteiger partial charge in [-0.15, -0.1) is 0 Å². The van der Waals surface area contributed by atoms with Gasteiger partial charge in [0.15, 0.2) is 5.69 Å². The molecule has 0 saturated heterocycles. The normalized spacial score (nSPS) is 13.3. The molecular weight excluding hydrogens is 468 g/mol. The van der Waals surface area contributed by atoms with Crippen molar-refractivity contribution in [3.63, 3.8) is 0 Å². The van der Waals surface area contributed by atoms with Crippen LogP contribution in [0.2, 0.25) is 5.02 Å². The number of carbonyl (C=O) groups is 2. The molecule has 0 bridgehead atoms. The SMILES string of the molecule is COc1ccc(-n2nc(C(=O)NCC(=O)NCCC3=CCCCC3)c3ccccc3c2=O)cc1Cl. The van der Waals surface area contributed by atoms with E-state index in [-0.39, 0.29) is 18.1 Å². The molecule has 182 valence electrons. The summed E-state index contributed by atoms with van der Waals surface area (Å²) >= 11 is 6.23. The van der Waals surface area contributed by atoms with E-state index in [4.69, 9.17) is 16.3 Å². The van der Waals surface area contributed by atoms with Gasteiger partial charge in [-0.1, -0.05) is 41.4 Å². The monoisotopic (exact) mass is 494 g/mol. The quantitative estimate of drug-likeness (QED) is 0.464. The number of hydrogen-bond donors (Lipinski definition) is 2. The van der Waals surface area contributed by atoms with Crippen LogP contribution in [0, 0.1) is 0 Å². The molecule has 2 aromatic carbocycles. The predicted molar refractivity (Wildman–Crippen MR) is 135 cm³/mol. The maximum atomic E-state index is 13.1. The van der Waals surface area contributed by atoms with Gasteiger partial charge in [-0.25, -0.2) is 0 Å². The van der Waals surface area contributed by atoms with Crippen LogP contribution in [0.25, 0.3) is 16.5 Å². The van der Waals surface area contributed by atoms with Gasteiger partial charge in [0.05, 0.1) is 29.8 Å². The number of methoxy groups -OCH3 is 1. The van der Waals surface area contributed by atoms with Crippen molar-refractivity contribution in [3.8, 4) is 11.4 Å². The molecule has 1 heterocycles. The van der Waals surface area contributed by atoms with Crippen molar-refractivity contribution >= 4 is 34.2 Å². The van der Waals surface area contributed by atoms with Crippen LogP contribution in [0.5, 0.6) is 5.75 Å². The molecule has 0 saturated carbocycles. The minimum absolute atomic E-state index is 0.0345. The molecule has 0 spiro atoms. The Labute approximate surface area is 207 Å². The van der Waals surface area contributed by atoms with E-state index in [1.165, 1.54) is 25.5 Å². The van der Waals surface area contributed by atoms with Crippen LogP contribution in [-0.2, 0) is 4.79 Å². The van der Waals surface area contributed by atoms with Crippen molar-refractivity contribution in [1.82, 2.24) is 20.4 Å². The first-order valence-corrected chi connectivity index (χ1v) is 11.9. The number of aromatic nitrogens is 2. The Morgan fingerprint density at radius 2 is 1.91 bits per heavy atom. The maximum absolute atomic E-state index is 13.1. The highest BCUT2D eigenvalue weighted by Crippen LogP contribution is 2.26. The number of amides is 2. The average molecular weight is 495 g/mol. The molecule has 9 heteroatoms. The Hall–Kier alpha value is -3.65. The van der Waals surface area contributed by atoms with E-state index in [0.717, 1.165) is 23.9 Å². The van der Waals surface area contributed by atoms with Gasteiger partial charge in [0.1, 0.15) is 5.75 Å². The number of rotatable bonds is 8. The van der Waals surface area contributed by atoms with Gasteiger partial charge in [-0.05, 0) is 56.4 Å².